The topological polar surface area (TPSA) is 68.1 Å². The van der Waals surface area contributed by atoms with Crippen LogP contribution in [-0.2, 0) is 0 Å². The van der Waals surface area contributed by atoms with E-state index in [1.165, 1.54) is 6.20 Å². The number of halogens is 1. The van der Waals surface area contributed by atoms with Gasteiger partial charge in [0, 0.05) is 12.1 Å². The van der Waals surface area contributed by atoms with Gasteiger partial charge in [-0.2, -0.15) is 0 Å². The number of nitrogens with zero attached hydrogens (tertiary/aromatic N) is 2. The molecule has 1 heterocycles. The molecule has 0 aromatic carbocycles. The highest BCUT2D eigenvalue weighted by Gasteiger charge is 2.17. The summed E-state index contributed by atoms with van der Waals surface area (Å²) in [6.07, 6.45) is 3.51. The molecule has 6 heteroatoms. The largest absolute Gasteiger partial charge is 0.369 e. The molecule has 0 aliphatic rings. The van der Waals surface area contributed by atoms with Crippen molar-refractivity contribution in [2.45, 2.75) is 33.6 Å². The van der Waals surface area contributed by atoms with Gasteiger partial charge in [-0.3, -0.25) is 10.1 Å². The van der Waals surface area contributed by atoms with Crippen molar-refractivity contribution in [3.8, 4) is 0 Å². The predicted octanol–water partition coefficient (Wildman–Crippen LogP) is 3.91. The summed E-state index contributed by atoms with van der Waals surface area (Å²) >= 11 is 3.36. The molecule has 1 N–H and O–H groups in total. The van der Waals surface area contributed by atoms with E-state index < -0.39 is 4.92 Å². The van der Waals surface area contributed by atoms with Crippen LogP contribution in [0.25, 0.3) is 0 Å². The highest BCUT2D eigenvalue weighted by Crippen LogP contribution is 2.30. The molecule has 100 valence electrons. The normalized spacial score (nSPS) is 10.7. The van der Waals surface area contributed by atoms with E-state index in [0.717, 1.165) is 19.4 Å². The van der Waals surface area contributed by atoms with Crippen LogP contribution in [0.3, 0.4) is 0 Å². The summed E-state index contributed by atoms with van der Waals surface area (Å²) < 4.78 is 0.669. The Morgan fingerprint density at radius 1 is 1.50 bits per heavy atom. The lowest BCUT2D eigenvalue weighted by Crippen LogP contribution is -2.14. The van der Waals surface area contributed by atoms with Crippen molar-refractivity contribution in [3.63, 3.8) is 0 Å². The summed E-state index contributed by atoms with van der Waals surface area (Å²) in [6, 6.07) is 0. The number of aromatic nitrogens is 1. The van der Waals surface area contributed by atoms with Crippen LogP contribution in [0.5, 0.6) is 0 Å². The average molecular weight is 316 g/mol. The van der Waals surface area contributed by atoms with E-state index in [-0.39, 0.29) is 5.69 Å². The Labute approximate surface area is 115 Å². The molecule has 18 heavy (non-hydrogen) atoms. The first-order chi connectivity index (χ1) is 8.51. The molecule has 5 nitrogen and oxygen atoms in total. The Hall–Kier alpha value is -1.17. The first-order valence-electron chi connectivity index (χ1n) is 6.04. The summed E-state index contributed by atoms with van der Waals surface area (Å²) in [5.41, 5.74) is 0.636. The molecule has 0 unspecified atom stereocenters. The van der Waals surface area contributed by atoms with Crippen molar-refractivity contribution < 1.29 is 4.92 Å². The van der Waals surface area contributed by atoms with Gasteiger partial charge in [0.25, 0.3) is 5.69 Å². The van der Waals surface area contributed by atoms with Gasteiger partial charge < -0.3 is 5.32 Å². The van der Waals surface area contributed by atoms with E-state index in [2.05, 4.69) is 40.1 Å². The first-order valence-corrected chi connectivity index (χ1v) is 6.83. The second-order valence-corrected chi connectivity index (χ2v) is 5.04. The minimum Gasteiger partial charge on any atom is -0.369 e. The van der Waals surface area contributed by atoms with Gasteiger partial charge in [-0.25, -0.2) is 4.98 Å². The van der Waals surface area contributed by atoms with Crippen LogP contribution in [0.15, 0.2) is 10.7 Å². The predicted molar refractivity (Wildman–Crippen MR) is 75.9 cm³/mol. The molecule has 0 spiro atoms. The molecule has 0 atom stereocenters. The number of pyridine rings is 1. The van der Waals surface area contributed by atoms with Gasteiger partial charge in [0.1, 0.15) is 12.0 Å². The zero-order valence-corrected chi connectivity index (χ0v) is 12.5. The van der Waals surface area contributed by atoms with Crippen molar-refractivity contribution >= 4 is 27.4 Å². The molecule has 0 fully saturated rings. The smallest absolute Gasteiger partial charge is 0.291 e. The summed E-state index contributed by atoms with van der Waals surface area (Å²) in [4.78, 5) is 14.5. The molecule has 0 bridgehead atoms. The van der Waals surface area contributed by atoms with E-state index in [4.69, 9.17) is 0 Å². The quantitative estimate of drug-likeness (QED) is 0.638. The molecule has 0 aliphatic heterocycles. The first kappa shape index (κ1) is 14.9. The SMILES string of the molecule is CCC(CC)CNc1ncc([N+](=O)[O-])c(C)c1Br. The van der Waals surface area contributed by atoms with Crippen molar-refractivity contribution in [1.29, 1.82) is 0 Å². The maximum atomic E-state index is 10.8. The van der Waals surface area contributed by atoms with Crippen molar-refractivity contribution in [3.05, 3.63) is 26.3 Å². The van der Waals surface area contributed by atoms with Gasteiger partial charge >= 0.3 is 0 Å². The van der Waals surface area contributed by atoms with E-state index in [1.54, 1.807) is 6.92 Å². The van der Waals surface area contributed by atoms with E-state index >= 15 is 0 Å². The number of anilines is 1. The van der Waals surface area contributed by atoms with Gasteiger partial charge in [-0.15, -0.1) is 0 Å². The molecular formula is C12H18BrN3O2. The summed E-state index contributed by atoms with van der Waals surface area (Å²) in [5, 5.41) is 14.0. The zero-order valence-electron chi connectivity index (χ0n) is 10.9. The van der Waals surface area contributed by atoms with Crippen LogP contribution in [0.4, 0.5) is 11.5 Å². The zero-order chi connectivity index (χ0) is 13.7. The summed E-state index contributed by atoms with van der Waals surface area (Å²) in [6.45, 7) is 6.85. The second kappa shape index (κ2) is 6.68. The lowest BCUT2D eigenvalue weighted by atomic mass is 10.0. The van der Waals surface area contributed by atoms with Crippen molar-refractivity contribution in [1.82, 2.24) is 4.98 Å². The van der Waals surface area contributed by atoms with Crippen LogP contribution in [-0.4, -0.2) is 16.5 Å². The van der Waals surface area contributed by atoms with Gasteiger partial charge in [0.05, 0.1) is 9.40 Å². The van der Waals surface area contributed by atoms with E-state index in [1.807, 2.05) is 0 Å². The monoisotopic (exact) mass is 315 g/mol. The third kappa shape index (κ3) is 3.41. The Balaban J connectivity index is 2.86. The number of hydrogen-bond acceptors (Lipinski definition) is 4. The maximum Gasteiger partial charge on any atom is 0.291 e. The fourth-order valence-corrected chi connectivity index (χ4v) is 2.14. The summed E-state index contributed by atoms with van der Waals surface area (Å²) in [7, 11) is 0. The number of nitrogens with one attached hydrogen (secondary N) is 1. The minimum atomic E-state index is -0.419. The lowest BCUT2D eigenvalue weighted by Gasteiger charge is -2.15. The van der Waals surface area contributed by atoms with Crippen molar-refractivity contribution in [2.24, 2.45) is 5.92 Å². The second-order valence-electron chi connectivity index (χ2n) is 4.25. The highest BCUT2D eigenvalue weighted by molar-refractivity contribution is 9.10. The molecule has 0 aliphatic carbocycles. The maximum absolute atomic E-state index is 10.8. The minimum absolute atomic E-state index is 0.0370. The lowest BCUT2D eigenvalue weighted by molar-refractivity contribution is -0.385. The molecule has 0 saturated heterocycles. The fourth-order valence-electron chi connectivity index (χ4n) is 1.69. The van der Waals surface area contributed by atoms with E-state index in [0.29, 0.717) is 21.8 Å². The molecule has 1 aromatic heterocycles. The van der Waals surface area contributed by atoms with Crippen LogP contribution in [0.2, 0.25) is 0 Å². The van der Waals surface area contributed by atoms with E-state index in [9.17, 15) is 10.1 Å². The molecule has 0 radical (unpaired) electrons. The van der Waals surface area contributed by atoms with Crippen LogP contribution in [0.1, 0.15) is 32.3 Å². The number of rotatable bonds is 6. The third-order valence-electron chi connectivity index (χ3n) is 3.15. The Kier molecular flexibility index (Phi) is 5.53. The Morgan fingerprint density at radius 2 is 2.11 bits per heavy atom. The fraction of sp³-hybridized carbons (Fsp3) is 0.583. The van der Waals surface area contributed by atoms with Gasteiger partial charge in [0.2, 0.25) is 0 Å². The molecule has 0 saturated carbocycles. The molecule has 1 rings (SSSR count). The molecular weight excluding hydrogens is 298 g/mol. The Bertz CT molecular complexity index is 434. The highest BCUT2D eigenvalue weighted by atomic mass is 79.9. The summed E-state index contributed by atoms with van der Waals surface area (Å²) in [5.74, 6) is 1.26. The van der Waals surface area contributed by atoms with Crippen molar-refractivity contribution in [2.75, 3.05) is 11.9 Å². The number of hydrogen-bond donors (Lipinski definition) is 1. The third-order valence-corrected chi connectivity index (χ3v) is 4.12. The molecule has 1 aromatic rings. The standard InChI is InChI=1S/C12H18BrN3O2/c1-4-9(5-2)6-14-12-11(13)8(3)10(7-15-12)16(17)18/h7,9H,4-6H2,1-3H3,(H,14,15). The number of nitro groups is 1. The van der Waals surface area contributed by atoms with Crippen LogP contribution in [0, 0.1) is 23.0 Å². The van der Waals surface area contributed by atoms with Gasteiger partial charge in [-0.05, 0) is 28.8 Å². The Morgan fingerprint density at radius 3 is 2.61 bits per heavy atom. The van der Waals surface area contributed by atoms with Crippen LogP contribution >= 0.6 is 15.9 Å². The average Bonchev–Trinajstić information content (AvgIpc) is 2.35. The molecule has 0 amide bonds. The van der Waals surface area contributed by atoms with Gasteiger partial charge in [-0.1, -0.05) is 26.7 Å². The van der Waals surface area contributed by atoms with Gasteiger partial charge in [0.15, 0.2) is 0 Å². The van der Waals surface area contributed by atoms with Crippen LogP contribution < -0.4 is 5.32 Å².